The first kappa shape index (κ1) is 11.2. The summed E-state index contributed by atoms with van der Waals surface area (Å²) in [5.41, 5.74) is 4.14. The van der Waals surface area contributed by atoms with Crippen molar-refractivity contribution in [2.75, 3.05) is 0 Å². The second kappa shape index (κ2) is 4.49. The van der Waals surface area contributed by atoms with Crippen LogP contribution >= 0.6 is 0 Å². The van der Waals surface area contributed by atoms with Crippen molar-refractivity contribution >= 4 is 0 Å². The Kier molecular flexibility index (Phi) is 2.66. The van der Waals surface area contributed by atoms with Gasteiger partial charge in [0.15, 0.2) is 5.76 Å². The third-order valence-electron chi connectivity index (χ3n) is 4.06. The van der Waals surface area contributed by atoms with E-state index in [9.17, 15) is 0 Å². The largest absolute Gasteiger partial charge is 0.439 e. The van der Waals surface area contributed by atoms with E-state index < -0.39 is 0 Å². The van der Waals surface area contributed by atoms with E-state index in [-0.39, 0.29) is 0 Å². The number of fused-ring (bicyclic) bond motifs is 1. The molecular weight excluding hydrogens is 236 g/mol. The van der Waals surface area contributed by atoms with Gasteiger partial charge in [-0.15, -0.1) is 0 Å². The number of aryl methyl sites for hydroxylation is 2. The Morgan fingerprint density at radius 3 is 3.00 bits per heavy atom. The average molecular weight is 254 g/mol. The van der Waals surface area contributed by atoms with Crippen LogP contribution in [0.25, 0.3) is 11.3 Å². The summed E-state index contributed by atoms with van der Waals surface area (Å²) in [4.78, 5) is 4.36. The molecule has 0 saturated heterocycles. The lowest BCUT2D eigenvalue weighted by molar-refractivity contribution is 0.476. The molecule has 1 aromatic carbocycles. The number of nitrogens with zero attached hydrogens (tertiary/aromatic N) is 1. The first-order chi connectivity index (χ1) is 9.38. The molecule has 0 amide bonds. The van der Waals surface area contributed by atoms with E-state index in [1.807, 2.05) is 6.20 Å². The number of benzene rings is 1. The van der Waals surface area contributed by atoms with Crippen LogP contribution in [0, 0.1) is 0 Å². The zero-order valence-electron chi connectivity index (χ0n) is 11.0. The second-order valence-corrected chi connectivity index (χ2v) is 5.61. The van der Waals surface area contributed by atoms with Crippen molar-refractivity contribution in [2.24, 2.45) is 0 Å². The van der Waals surface area contributed by atoms with E-state index in [2.05, 4.69) is 28.5 Å². The fourth-order valence-electron chi connectivity index (χ4n) is 2.77. The summed E-state index contributed by atoms with van der Waals surface area (Å²) in [5.74, 6) is 1.68. The van der Waals surface area contributed by atoms with Gasteiger partial charge in [-0.2, -0.15) is 0 Å². The fraction of sp³-hybridized carbons (Fsp3) is 0.438. The van der Waals surface area contributed by atoms with Crippen LogP contribution in [0.5, 0.6) is 0 Å². The molecular formula is C16H18N2O. The van der Waals surface area contributed by atoms with E-state index in [4.69, 9.17) is 4.42 Å². The van der Waals surface area contributed by atoms with E-state index in [0.29, 0.717) is 6.04 Å². The number of aromatic nitrogens is 1. The molecule has 19 heavy (non-hydrogen) atoms. The molecule has 4 rings (SSSR count). The minimum absolute atomic E-state index is 0.690. The molecule has 1 aromatic heterocycles. The molecule has 98 valence electrons. The summed E-state index contributed by atoms with van der Waals surface area (Å²) >= 11 is 0. The van der Waals surface area contributed by atoms with Crippen LogP contribution in [-0.2, 0) is 19.4 Å². The zero-order valence-corrected chi connectivity index (χ0v) is 11.0. The SMILES string of the molecule is c1cc2c(cc1-c1cnc(CNC3CC3)o1)CCC2. The molecule has 2 aliphatic carbocycles. The van der Waals surface area contributed by atoms with Gasteiger partial charge in [0.25, 0.3) is 0 Å². The predicted molar refractivity (Wildman–Crippen MR) is 73.8 cm³/mol. The first-order valence-electron chi connectivity index (χ1n) is 7.19. The molecule has 2 aromatic rings. The zero-order chi connectivity index (χ0) is 12.7. The summed E-state index contributed by atoms with van der Waals surface area (Å²) in [6, 6.07) is 7.35. The molecule has 2 aliphatic rings. The molecule has 0 spiro atoms. The maximum absolute atomic E-state index is 5.83. The molecule has 3 nitrogen and oxygen atoms in total. The van der Waals surface area contributed by atoms with Gasteiger partial charge in [0.2, 0.25) is 5.89 Å². The van der Waals surface area contributed by atoms with E-state index in [1.54, 1.807) is 0 Å². The Labute approximate surface area is 113 Å². The smallest absolute Gasteiger partial charge is 0.208 e. The summed E-state index contributed by atoms with van der Waals surface area (Å²) in [5, 5.41) is 3.42. The van der Waals surface area contributed by atoms with E-state index >= 15 is 0 Å². The highest BCUT2D eigenvalue weighted by atomic mass is 16.4. The molecule has 1 heterocycles. The fourth-order valence-corrected chi connectivity index (χ4v) is 2.77. The summed E-state index contributed by atoms with van der Waals surface area (Å²) < 4.78 is 5.83. The van der Waals surface area contributed by atoms with Gasteiger partial charge in [0.1, 0.15) is 0 Å². The molecule has 3 heteroatoms. The normalized spacial score (nSPS) is 17.7. The Morgan fingerprint density at radius 1 is 1.21 bits per heavy atom. The third kappa shape index (κ3) is 2.30. The van der Waals surface area contributed by atoms with Crippen LogP contribution in [0.15, 0.2) is 28.8 Å². The van der Waals surface area contributed by atoms with Crippen molar-refractivity contribution < 1.29 is 4.42 Å². The van der Waals surface area contributed by atoms with Crippen LogP contribution in [0.1, 0.15) is 36.3 Å². The van der Waals surface area contributed by atoms with E-state index in [1.165, 1.54) is 43.2 Å². The van der Waals surface area contributed by atoms with Gasteiger partial charge in [0, 0.05) is 11.6 Å². The molecule has 1 saturated carbocycles. The van der Waals surface area contributed by atoms with Gasteiger partial charge in [-0.05, 0) is 49.3 Å². The number of rotatable bonds is 4. The summed E-state index contributed by atoms with van der Waals surface area (Å²) in [7, 11) is 0. The van der Waals surface area contributed by atoms with Crippen molar-refractivity contribution in [3.05, 3.63) is 41.4 Å². The number of oxazole rings is 1. The van der Waals surface area contributed by atoms with Gasteiger partial charge in [0.05, 0.1) is 12.7 Å². The standard InChI is InChI=1S/C16H18N2O/c1-2-11-4-5-13(8-12(11)3-1)15-9-18-16(19-15)10-17-14-6-7-14/h4-5,8-9,14,17H,1-3,6-7,10H2. The molecule has 0 unspecified atom stereocenters. The maximum atomic E-state index is 5.83. The highest BCUT2D eigenvalue weighted by Crippen LogP contribution is 2.28. The maximum Gasteiger partial charge on any atom is 0.208 e. The number of nitrogens with one attached hydrogen (secondary N) is 1. The topological polar surface area (TPSA) is 38.1 Å². The quantitative estimate of drug-likeness (QED) is 0.911. The van der Waals surface area contributed by atoms with Gasteiger partial charge >= 0.3 is 0 Å². The molecule has 0 bridgehead atoms. The lowest BCUT2D eigenvalue weighted by atomic mass is 10.1. The van der Waals surface area contributed by atoms with Crippen molar-refractivity contribution in [1.82, 2.24) is 10.3 Å². The lowest BCUT2D eigenvalue weighted by Crippen LogP contribution is -2.15. The van der Waals surface area contributed by atoms with Gasteiger partial charge in [-0.25, -0.2) is 4.98 Å². The van der Waals surface area contributed by atoms with Gasteiger partial charge in [-0.1, -0.05) is 12.1 Å². The van der Waals surface area contributed by atoms with Crippen molar-refractivity contribution in [1.29, 1.82) is 0 Å². The monoisotopic (exact) mass is 254 g/mol. The van der Waals surface area contributed by atoms with Crippen molar-refractivity contribution in [3.8, 4) is 11.3 Å². The number of hydrogen-bond acceptors (Lipinski definition) is 3. The highest BCUT2D eigenvalue weighted by molar-refractivity contribution is 5.59. The third-order valence-corrected chi connectivity index (χ3v) is 4.06. The van der Waals surface area contributed by atoms with E-state index in [0.717, 1.165) is 23.8 Å². The molecule has 0 radical (unpaired) electrons. The lowest BCUT2D eigenvalue weighted by Gasteiger charge is -2.02. The van der Waals surface area contributed by atoms with Crippen LogP contribution in [0.2, 0.25) is 0 Å². The Balaban J connectivity index is 1.54. The van der Waals surface area contributed by atoms with Crippen LogP contribution in [-0.4, -0.2) is 11.0 Å². The van der Waals surface area contributed by atoms with Crippen molar-refractivity contribution in [3.63, 3.8) is 0 Å². The first-order valence-corrected chi connectivity index (χ1v) is 7.19. The minimum Gasteiger partial charge on any atom is -0.439 e. The Morgan fingerprint density at radius 2 is 2.11 bits per heavy atom. The van der Waals surface area contributed by atoms with Crippen molar-refractivity contribution in [2.45, 2.75) is 44.7 Å². The molecule has 1 N–H and O–H groups in total. The van der Waals surface area contributed by atoms with Gasteiger partial charge in [-0.3, -0.25) is 0 Å². The van der Waals surface area contributed by atoms with Crippen LogP contribution < -0.4 is 5.32 Å². The average Bonchev–Trinajstić information content (AvgIpc) is 2.96. The molecule has 0 aliphatic heterocycles. The second-order valence-electron chi connectivity index (χ2n) is 5.61. The van der Waals surface area contributed by atoms with Crippen LogP contribution in [0.4, 0.5) is 0 Å². The predicted octanol–water partition coefficient (Wildman–Crippen LogP) is 3.08. The van der Waals surface area contributed by atoms with Gasteiger partial charge < -0.3 is 9.73 Å². The Hall–Kier alpha value is -1.61. The minimum atomic E-state index is 0.690. The highest BCUT2D eigenvalue weighted by Gasteiger charge is 2.21. The molecule has 0 atom stereocenters. The summed E-state index contributed by atoms with van der Waals surface area (Å²) in [6.45, 7) is 0.746. The Bertz CT molecular complexity index is 599. The molecule has 1 fully saturated rings. The van der Waals surface area contributed by atoms with Crippen LogP contribution in [0.3, 0.4) is 0 Å². The summed E-state index contributed by atoms with van der Waals surface area (Å²) in [6.07, 6.45) is 8.14. The number of hydrogen-bond donors (Lipinski definition) is 1.